The molecular formula is C17H15N3O3S. The number of carbonyl (C=O) groups is 1. The van der Waals surface area contributed by atoms with E-state index in [1.165, 1.54) is 23.7 Å². The number of fused-ring (bicyclic) bond motifs is 1. The molecule has 3 rings (SSSR count). The highest BCUT2D eigenvalue weighted by Gasteiger charge is 2.38. The molecule has 3 heterocycles. The molecule has 1 atom stereocenters. The van der Waals surface area contributed by atoms with Crippen molar-refractivity contribution >= 4 is 28.0 Å². The van der Waals surface area contributed by atoms with Gasteiger partial charge in [-0.1, -0.05) is 12.7 Å². The smallest absolute Gasteiger partial charge is 0.337 e. The third-order valence-corrected chi connectivity index (χ3v) is 4.79. The first kappa shape index (κ1) is 15.9. The summed E-state index contributed by atoms with van der Waals surface area (Å²) < 4.78 is 10.8. The maximum absolute atomic E-state index is 12.6. The summed E-state index contributed by atoms with van der Waals surface area (Å²) in [5.41, 5.74) is 8.23. The van der Waals surface area contributed by atoms with Crippen LogP contribution >= 0.6 is 11.3 Å². The average Bonchev–Trinajstić information content (AvgIpc) is 3.19. The summed E-state index contributed by atoms with van der Waals surface area (Å²) in [4.78, 5) is 13.0. The van der Waals surface area contributed by atoms with E-state index < -0.39 is 11.9 Å². The number of nitrogens with two attached hydrogens (primary N) is 1. The molecule has 0 aromatic carbocycles. The Labute approximate surface area is 142 Å². The summed E-state index contributed by atoms with van der Waals surface area (Å²) >= 11 is 1.26. The number of thiophene rings is 1. The summed E-state index contributed by atoms with van der Waals surface area (Å²) in [6, 6.07) is 5.60. The minimum Gasteiger partial charge on any atom is -0.468 e. The Balaban J connectivity index is 2.17. The first-order chi connectivity index (χ1) is 11.6. The zero-order valence-corrected chi connectivity index (χ0v) is 13.8. The Morgan fingerprint density at radius 3 is 3.08 bits per heavy atom. The van der Waals surface area contributed by atoms with Gasteiger partial charge in [0.2, 0.25) is 0 Å². The van der Waals surface area contributed by atoms with E-state index in [-0.39, 0.29) is 6.61 Å². The summed E-state index contributed by atoms with van der Waals surface area (Å²) in [6.45, 7) is 5.44. The molecule has 0 unspecified atom stereocenters. The molecule has 0 aliphatic carbocycles. The number of furan rings is 1. The van der Waals surface area contributed by atoms with Gasteiger partial charge in [0.05, 0.1) is 23.4 Å². The Bertz CT molecular complexity index is 872. The van der Waals surface area contributed by atoms with Crippen LogP contribution < -0.4 is 11.1 Å². The number of esters is 1. The maximum Gasteiger partial charge on any atom is 0.337 e. The van der Waals surface area contributed by atoms with Crippen molar-refractivity contribution in [3.05, 3.63) is 58.5 Å². The van der Waals surface area contributed by atoms with E-state index in [0.29, 0.717) is 33.2 Å². The number of nitriles is 1. The molecule has 1 aliphatic heterocycles. The lowest BCUT2D eigenvalue weighted by Crippen LogP contribution is -2.24. The van der Waals surface area contributed by atoms with Crippen LogP contribution in [0.15, 0.2) is 46.7 Å². The molecule has 0 bridgehead atoms. The molecule has 0 radical (unpaired) electrons. The van der Waals surface area contributed by atoms with Crippen molar-refractivity contribution in [3.63, 3.8) is 0 Å². The summed E-state index contributed by atoms with van der Waals surface area (Å²) in [5.74, 6) is -0.431. The molecule has 0 spiro atoms. The Morgan fingerprint density at radius 2 is 2.46 bits per heavy atom. The van der Waals surface area contributed by atoms with Gasteiger partial charge in [-0.05, 0) is 19.1 Å². The lowest BCUT2D eigenvalue weighted by molar-refractivity contribution is -0.138. The molecule has 24 heavy (non-hydrogen) atoms. The van der Waals surface area contributed by atoms with Crippen molar-refractivity contribution in [2.45, 2.75) is 12.8 Å². The monoisotopic (exact) mass is 341 g/mol. The first-order valence-electron chi connectivity index (χ1n) is 7.20. The van der Waals surface area contributed by atoms with Gasteiger partial charge in [-0.25, -0.2) is 4.79 Å². The Morgan fingerprint density at radius 1 is 1.67 bits per heavy atom. The number of nitrogens with one attached hydrogen (secondary N) is 1. The number of hydrogen-bond donors (Lipinski definition) is 2. The predicted molar refractivity (Wildman–Crippen MR) is 91.5 cm³/mol. The molecule has 3 N–H and O–H groups in total. The van der Waals surface area contributed by atoms with Gasteiger partial charge in [-0.3, -0.25) is 0 Å². The van der Waals surface area contributed by atoms with Gasteiger partial charge in [0.25, 0.3) is 0 Å². The number of nitrogen functional groups attached to an aromatic ring is 1. The highest BCUT2D eigenvalue weighted by Crippen LogP contribution is 2.49. The number of allylic oxidation sites excluding steroid dienone is 1. The van der Waals surface area contributed by atoms with Gasteiger partial charge in [0, 0.05) is 11.3 Å². The van der Waals surface area contributed by atoms with Crippen molar-refractivity contribution in [3.8, 4) is 6.07 Å². The lowest BCUT2D eigenvalue weighted by atomic mass is 9.85. The SMILES string of the molecule is C=CCOC(=O)C1=C(C)Nc2sc(C#N)c(N)c2[C@H]1c1ccco1. The average molecular weight is 341 g/mol. The zero-order chi connectivity index (χ0) is 17.3. The quantitative estimate of drug-likeness (QED) is 0.653. The predicted octanol–water partition coefficient (Wildman–Crippen LogP) is 3.36. The normalized spacial score (nSPS) is 16.1. The zero-order valence-electron chi connectivity index (χ0n) is 13.0. The standard InChI is InChI=1S/C17H15N3O3S/c1-3-6-23-17(21)12-9(2)20-16-14(15(19)11(8-18)24-16)13(12)10-5-4-7-22-10/h3-5,7,13,20H,1,6,19H2,2H3/t13-/m0/s1. The number of ether oxygens (including phenoxy) is 1. The van der Waals surface area contributed by atoms with Crippen LogP contribution in [0.2, 0.25) is 0 Å². The number of carbonyl (C=O) groups excluding carboxylic acids is 1. The third kappa shape index (κ3) is 2.47. The van der Waals surface area contributed by atoms with Crippen molar-refractivity contribution in [1.29, 1.82) is 5.26 Å². The van der Waals surface area contributed by atoms with E-state index >= 15 is 0 Å². The second-order valence-electron chi connectivity index (χ2n) is 5.20. The van der Waals surface area contributed by atoms with Gasteiger partial charge in [0.15, 0.2) is 0 Å². The minimum absolute atomic E-state index is 0.107. The van der Waals surface area contributed by atoms with Gasteiger partial charge in [-0.2, -0.15) is 5.26 Å². The Kier molecular flexibility index (Phi) is 4.15. The topological polar surface area (TPSA) is 101 Å². The lowest BCUT2D eigenvalue weighted by Gasteiger charge is -2.26. The number of hydrogen-bond acceptors (Lipinski definition) is 7. The van der Waals surface area contributed by atoms with E-state index in [0.717, 1.165) is 5.00 Å². The number of anilines is 2. The van der Waals surface area contributed by atoms with Crippen molar-refractivity contribution in [1.82, 2.24) is 0 Å². The number of nitrogens with zero attached hydrogens (tertiary/aromatic N) is 1. The van der Waals surface area contributed by atoms with Gasteiger partial charge in [0.1, 0.15) is 28.3 Å². The second-order valence-corrected chi connectivity index (χ2v) is 6.22. The van der Waals surface area contributed by atoms with Crippen LogP contribution in [-0.2, 0) is 9.53 Å². The Hall–Kier alpha value is -2.98. The summed E-state index contributed by atoms with van der Waals surface area (Å²) in [5, 5.41) is 13.1. The third-order valence-electron chi connectivity index (χ3n) is 3.75. The van der Waals surface area contributed by atoms with Crippen LogP contribution in [0.5, 0.6) is 0 Å². The molecule has 7 heteroatoms. The van der Waals surface area contributed by atoms with Crippen LogP contribution in [0.25, 0.3) is 0 Å². The minimum atomic E-state index is -0.521. The van der Waals surface area contributed by atoms with Gasteiger partial charge < -0.3 is 20.2 Å². The fourth-order valence-corrected chi connectivity index (χ4v) is 3.75. The molecule has 0 saturated heterocycles. The van der Waals surface area contributed by atoms with Crippen LogP contribution in [0.1, 0.15) is 29.0 Å². The van der Waals surface area contributed by atoms with E-state index in [9.17, 15) is 10.1 Å². The maximum atomic E-state index is 12.6. The van der Waals surface area contributed by atoms with E-state index in [2.05, 4.69) is 18.0 Å². The molecule has 0 saturated carbocycles. The van der Waals surface area contributed by atoms with Crippen molar-refractivity contribution in [2.24, 2.45) is 0 Å². The molecule has 6 nitrogen and oxygen atoms in total. The summed E-state index contributed by atoms with van der Waals surface area (Å²) in [6.07, 6.45) is 3.04. The molecule has 122 valence electrons. The molecule has 2 aromatic rings. The van der Waals surface area contributed by atoms with Crippen molar-refractivity contribution in [2.75, 3.05) is 17.7 Å². The highest BCUT2D eigenvalue weighted by atomic mass is 32.1. The highest BCUT2D eigenvalue weighted by molar-refractivity contribution is 7.17. The number of rotatable bonds is 4. The van der Waals surface area contributed by atoms with E-state index in [1.54, 1.807) is 19.1 Å². The van der Waals surface area contributed by atoms with Gasteiger partial charge >= 0.3 is 5.97 Å². The largest absolute Gasteiger partial charge is 0.468 e. The van der Waals surface area contributed by atoms with Crippen molar-refractivity contribution < 1.29 is 13.9 Å². The van der Waals surface area contributed by atoms with E-state index in [4.69, 9.17) is 14.9 Å². The van der Waals surface area contributed by atoms with E-state index in [1.807, 2.05) is 0 Å². The van der Waals surface area contributed by atoms with Crippen LogP contribution in [0.4, 0.5) is 10.7 Å². The molecule has 0 fully saturated rings. The van der Waals surface area contributed by atoms with Crippen LogP contribution in [-0.4, -0.2) is 12.6 Å². The van der Waals surface area contributed by atoms with Crippen LogP contribution in [0, 0.1) is 11.3 Å². The fourth-order valence-electron chi connectivity index (χ4n) is 2.74. The second kappa shape index (κ2) is 6.26. The first-order valence-corrected chi connectivity index (χ1v) is 8.01. The van der Waals surface area contributed by atoms with Gasteiger partial charge in [-0.15, -0.1) is 11.3 Å². The summed E-state index contributed by atoms with van der Waals surface area (Å²) in [7, 11) is 0. The van der Waals surface area contributed by atoms with Crippen LogP contribution in [0.3, 0.4) is 0 Å². The molecular weight excluding hydrogens is 326 g/mol. The molecule has 0 amide bonds. The fraction of sp³-hybridized carbons (Fsp3) is 0.176. The molecule has 2 aromatic heterocycles. The molecule has 1 aliphatic rings.